The van der Waals surface area contributed by atoms with E-state index in [2.05, 4.69) is 21.2 Å². The van der Waals surface area contributed by atoms with Crippen molar-refractivity contribution in [3.05, 3.63) is 100 Å². The number of hydrogen-bond donors (Lipinski definition) is 1. The van der Waals surface area contributed by atoms with Crippen LogP contribution >= 0.6 is 15.9 Å². The quantitative estimate of drug-likeness (QED) is 0.276. The van der Waals surface area contributed by atoms with Crippen molar-refractivity contribution in [3.63, 3.8) is 0 Å². The van der Waals surface area contributed by atoms with Crippen LogP contribution in [0.2, 0.25) is 0 Å². The highest BCUT2D eigenvalue weighted by atomic mass is 79.9. The van der Waals surface area contributed by atoms with E-state index in [1.165, 1.54) is 17.0 Å². The number of anilines is 1. The minimum absolute atomic E-state index is 0.0891. The molecule has 0 saturated carbocycles. The molecule has 0 heterocycles. The van der Waals surface area contributed by atoms with Crippen molar-refractivity contribution < 1.29 is 22.4 Å². The molecule has 3 rings (SSSR count). The summed E-state index contributed by atoms with van der Waals surface area (Å²) in [6.45, 7) is 2.03. The van der Waals surface area contributed by atoms with E-state index in [0.29, 0.717) is 6.54 Å². The lowest BCUT2D eigenvalue weighted by Gasteiger charge is -2.33. The number of unbranched alkanes of at least 4 members (excludes halogenated alkanes) is 1. The Kier molecular flexibility index (Phi) is 11.1. The van der Waals surface area contributed by atoms with E-state index >= 15 is 0 Å². The second-order valence-electron chi connectivity index (χ2n) is 9.24. The van der Waals surface area contributed by atoms with E-state index in [9.17, 15) is 22.4 Å². The fourth-order valence-corrected chi connectivity index (χ4v) is 5.18. The summed E-state index contributed by atoms with van der Waals surface area (Å²) >= 11 is 3.41. The zero-order chi connectivity index (χ0) is 28.4. The molecule has 0 fully saturated rings. The smallest absolute Gasteiger partial charge is 0.244 e. The highest BCUT2D eigenvalue weighted by Gasteiger charge is 2.33. The molecule has 0 radical (unpaired) electrons. The van der Waals surface area contributed by atoms with E-state index < -0.39 is 34.3 Å². The van der Waals surface area contributed by atoms with Gasteiger partial charge in [0.1, 0.15) is 18.4 Å². The Bertz CT molecular complexity index is 1340. The van der Waals surface area contributed by atoms with Gasteiger partial charge in [0, 0.05) is 24.0 Å². The third-order valence-electron chi connectivity index (χ3n) is 6.16. The Hall–Kier alpha value is -3.24. The normalized spacial score (nSPS) is 12.0. The van der Waals surface area contributed by atoms with Crippen LogP contribution in [-0.2, 0) is 32.6 Å². The minimum Gasteiger partial charge on any atom is -0.354 e. The molecule has 1 unspecified atom stereocenters. The van der Waals surface area contributed by atoms with Gasteiger partial charge in [0.05, 0.1) is 11.9 Å². The Balaban J connectivity index is 2.01. The molecule has 0 spiro atoms. The van der Waals surface area contributed by atoms with Crippen LogP contribution in [0.4, 0.5) is 10.1 Å². The van der Waals surface area contributed by atoms with Crippen molar-refractivity contribution in [1.29, 1.82) is 0 Å². The van der Waals surface area contributed by atoms with Crippen molar-refractivity contribution >= 4 is 43.5 Å². The zero-order valence-electron chi connectivity index (χ0n) is 22.0. The van der Waals surface area contributed by atoms with Crippen molar-refractivity contribution in [2.45, 2.75) is 38.8 Å². The molecule has 2 amide bonds. The fraction of sp³-hybridized carbons (Fsp3) is 0.310. The van der Waals surface area contributed by atoms with Gasteiger partial charge in [-0.2, -0.15) is 0 Å². The number of hydrogen-bond acceptors (Lipinski definition) is 4. The summed E-state index contributed by atoms with van der Waals surface area (Å²) in [5.41, 5.74) is 1.79. The van der Waals surface area contributed by atoms with Crippen LogP contribution in [0.25, 0.3) is 0 Å². The molecule has 1 atom stereocenters. The Labute approximate surface area is 238 Å². The Morgan fingerprint density at radius 3 is 2.18 bits per heavy atom. The summed E-state index contributed by atoms with van der Waals surface area (Å²) in [6.07, 6.45) is 2.92. The van der Waals surface area contributed by atoms with Gasteiger partial charge in [-0.15, -0.1) is 0 Å². The summed E-state index contributed by atoms with van der Waals surface area (Å²) in [5.74, 6) is -1.40. The largest absolute Gasteiger partial charge is 0.354 e. The molecule has 1 N–H and O–H groups in total. The van der Waals surface area contributed by atoms with Crippen LogP contribution in [0.15, 0.2) is 83.3 Å². The second kappa shape index (κ2) is 14.2. The number of nitrogens with one attached hydrogen (secondary N) is 1. The van der Waals surface area contributed by atoms with E-state index in [1.54, 1.807) is 0 Å². The molecular formula is C29H33BrFN3O4S. The molecule has 0 bridgehead atoms. The van der Waals surface area contributed by atoms with Gasteiger partial charge in [0.2, 0.25) is 21.8 Å². The molecule has 10 heteroatoms. The fourth-order valence-electron chi connectivity index (χ4n) is 4.07. The summed E-state index contributed by atoms with van der Waals surface area (Å²) in [6, 6.07) is 20.7. The minimum atomic E-state index is -3.90. The molecule has 0 aliphatic heterocycles. The highest BCUT2D eigenvalue weighted by Crippen LogP contribution is 2.21. The molecule has 3 aromatic rings. The predicted molar refractivity (Wildman–Crippen MR) is 155 cm³/mol. The van der Waals surface area contributed by atoms with E-state index in [1.807, 2.05) is 61.5 Å². The summed E-state index contributed by atoms with van der Waals surface area (Å²) < 4.78 is 40.8. The van der Waals surface area contributed by atoms with Crippen LogP contribution in [0.3, 0.4) is 0 Å². The van der Waals surface area contributed by atoms with E-state index in [0.717, 1.165) is 51.1 Å². The van der Waals surface area contributed by atoms with Crippen LogP contribution in [0.1, 0.15) is 30.9 Å². The SMILES string of the molecule is CCCCNC(=O)C(Cc1ccccc1)N(Cc1ccc(Br)cc1)C(=O)CN(c1ccc(F)cc1)S(C)(=O)=O. The first kappa shape index (κ1) is 30.3. The number of benzene rings is 3. The molecule has 0 aliphatic rings. The molecule has 0 aromatic heterocycles. The number of halogens is 2. The first-order chi connectivity index (χ1) is 18.6. The molecule has 0 saturated heterocycles. The molecule has 208 valence electrons. The van der Waals surface area contributed by atoms with Crippen LogP contribution < -0.4 is 9.62 Å². The van der Waals surface area contributed by atoms with Crippen LogP contribution in [-0.4, -0.2) is 50.5 Å². The average molecular weight is 619 g/mol. The third-order valence-corrected chi connectivity index (χ3v) is 7.83. The van der Waals surface area contributed by atoms with Crippen molar-refractivity contribution in [3.8, 4) is 0 Å². The Morgan fingerprint density at radius 2 is 1.59 bits per heavy atom. The highest BCUT2D eigenvalue weighted by molar-refractivity contribution is 9.10. The summed E-state index contributed by atoms with van der Waals surface area (Å²) in [7, 11) is -3.90. The van der Waals surface area contributed by atoms with Gasteiger partial charge in [-0.1, -0.05) is 71.7 Å². The Morgan fingerprint density at radius 1 is 0.949 bits per heavy atom. The number of rotatable bonds is 13. The molecule has 3 aromatic carbocycles. The number of carbonyl (C=O) groups excluding carboxylic acids is 2. The topological polar surface area (TPSA) is 86.8 Å². The monoisotopic (exact) mass is 617 g/mol. The maximum Gasteiger partial charge on any atom is 0.244 e. The lowest BCUT2D eigenvalue weighted by Crippen LogP contribution is -2.53. The van der Waals surface area contributed by atoms with Crippen molar-refractivity contribution in [2.75, 3.05) is 23.7 Å². The lowest BCUT2D eigenvalue weighted by atomic mass is 10.0. The predicted octanol–water partition coefficient (Wildman–Crippen LogP) is 4.91. The first-order valence-corrected chi connectivity index (χ1v) is 15.3. The zero-order valence-corrected chi connectivity index (χ0v) is 24.4. The second-order valence-corrected chi connectivity index (χ2v) is 12.1. The van der Waals surface area contributed by atoms with E-state index in [-0.39, 0.29) is 24.6 Å². The maximum atomic E-state index is 13.9. The van der Waals surface area contributed by atoms with Gasteiger partial charge in [0.15, 0.2) is 0 Å². The van der Waals surface area contributed by atoms with Gasteiger partial charge in [-0.3, -0.25) is 13.9 Å². The van der Waals surface area contributed by atoms with Gasteiger partial charge in [-0.05, 0) is 53.9 Å². The molecular weight excluding hydrogens is 585 g/mol. The standard InChI is InChI=1S/C29H33BrFN3O4S/c1-3-4-18-32-29(36)27(19-22-8-6-5-7-9-22)33(20-23-10-12-24(30)13-11-23)28(35)21-34(39(2,37)38)26-16-14-25(31)15-17-26/h5-17,27H,3-4,18-21H2,1-2H3,(H,32,36). The first-order valence-electron chi connectivity index (χ1n) is 12.7. The van der Waals surface area contributed by atoms with E-state index in [4.69, 9.17) is 0 Å². The maximum absolute atomic E-state index is 13.9. The molecule has 39 heavy (non-hydrogen) atoms. The van der Waals surface area contributed by atoms with Gasteiger partial charge >= 0.3 is 0 Å². The summed E-state index contributed by atoms with van der Waals surface area (Å²) in [4.78, 5) is 28.9. The van der Waals surface area contributed by atoms with Gasteiger partial charge in [0.25, 0.3) is 0 Å². The number of amides is 2. The van der Waals surface area contributed by atoms with Gasteiger partial charge in [-0.25, -0.2) is 12.8 Å². The van der Waals surface area contributed by atoms with Crippen LogP contribution in [0, 0.1) is 5.82 Å². The van der Waals surface area contributed by atoms with Crippen molar-refractivity contribution in [1.82, 2.24) is 10.2 Å². The number of carbonyl (C=O) groups is 2. The van der Waals surface area contributed by atoms with Gasteiger partial charge < -0.3 is 10.2 Å². The molecule has 0 aliphatic carbocycles. The van der Waals surface area contributed by atoms with Crippen molar-refractivity contribution in [2.24, 2.45) is 0 Å². The number of nitrogens with zero attached hydrogens (tertiary/aromatic N) is 2. The van der Waals surface area contributed by atoms with Crippen LogP contribution in [0.5, 0.6) is 0 Å². The average Bonchev–Trinajstić information content (AvgIpc) is 2.91. The lowest BCUT2D eigenvalue weighted by molar-refractivity contribution is -0.140. The summed E-state index contributed by atoms with van der Waals surface area (Å²) in [5, 5.41) is 2.94. The third kappa shape index (κ3) is 9.18. The molecule has 7 nitrogen and oxygen atoms in total. The number of sulfonamides is 1.